The SMILES string of the molecule is Cc1sc(C)c([C@H]2CCOC2)c1Br. The molecule has 13 heavy (non-hydrogen) atoms. The largest absolute Gasteiger partial charge is 0.381 e. The fourth-order valence-corrected chi connectivity index (χ4v) is 3.94. The van der Waals surface area contributed by atoms with Crippen molar-refractivity contribution in [1.29, 1.82) is 0 Å². The predicted molar refractivity (Wildman–Crippen MR) is 59.7 cm³/mol. The lowest BCUT2D eigenvalue weighted by Gasteiger charge is -2.07. The maximum absolute atomic E-state index is 5.41. The van der Waals surface area contributed by atoms with Crippen LogP contribution in [0.2, 0.25) is 0 Å². The van der Waals surface area contributed by atoms with Gasteiger partial charge in [-0.15, -0.1) is 11.3 Å². The van der Waals surface area contributed by atoms with Gasteiger partial charge in [-0.1, -0.05) is 0 Å². The van der Waals surface area contributed by atoms with Crippen molar-refractivity contribution in [3.63, 3.8) is 0 Å². The van der Waals surface area contributed by atoms with Crippen LogP contribution in [0.5, 0.6) is 0 Å². The molecule has 0 spiro atoms. The van der Waals surface area contributed by atoms with E-state index >= 15 is 0 Å². The van der Waals surface area contributed by atoms with Gasteiger partial charge in [-0.05, 0) is 41.8 Å². The van der Waals surface area contributed by atoms with Gasteiger partial charge in [0.05, 0.1) is 6.61 Å². The van der Waals surface area contributed by atoms with E-state index in [-0.39, 0.29) is 0 Å². The Balaban J connectivity index is 2.37. The molecule has 1 nitrogen and oxygen atoms in total. The molecule has 3 heteroatoms. The normalized spacial score (nSPS) is 22.5. The topological polar surface area (TPSA) is 9.23 Å². The van der Waals surface area contributed by atoms with Crippen molar-refractivity contribution in [2.45, 2.75) is 26.2 Å². The molecule has 2 rings (SSSR count). The predicted octanol–water partition coefficient (Wildman–Crippen LogP) is 3.63. The van der Waals surface area contributed by atoms with Crippen LogP contribution in [0.15, 0.2) is 4.47 Å². The van der Waals surface area contributed by atoms with Gasteiger partial charge in [0.1, 0.15) is 0 Å². The monoisotopic (exact) mass is 260 g/mol. The maximum Gasteiger partial charge on any atom is 0.0536 e. The number of rotatable bonds is 1. The van der Waals surface area contributed by atoms with Gasteiger partial charge in [0.15, 0.2) is 0 Å². The van der Waals surface area contributed by atoms with E-state index in [2.05, 4.69) is 29.8 Å². The second kappa shape index (κ2) is 3.71. The van der Waals surface area contributed by atoms with Crippen molar-refractivity contribution in [1.82, 2.24) is 0 Å². The standard InChI is InChI=1S/C10H13BrOS/c1-6-9(8-3-4-12-5-8)10(11)7(2)13-6/h8H,3-5H2,1-2H3/t8-/m0/s1. The third kappa shape index (κ3) is 1.69. The fraction of sp³-hybridized carbons (Fsp3) is 0.600. The van der Waals surface area contributed by atoms with Crippen LogP contribution < -0.4 is 0 Å². The smallest absolute Gasteiger partial charge is 0.0536 e. The molecule has 0 aromatic carbocycles. The van der Waals surface area contributed by atoms with E-state index in [4.69, 9.17) is 4.74 Å². The highest BCUT2D eigenvalue weighted by atomic mass is 79.9. The first-order valence-corrected chi connectivity index (χ1v) is 6.14. The van der Waals surface area contributed by atoms with Crippen LogP contribution in [0.3, 0.4) is 0 Å². The lowest BCUT2D eigenvalue weighted by molar-refractivity contribution is 0.194. The van der Waals surface area contributed by atoms with Gasteiger partial charge < -0.3 is 4.74 Å². The van der Waals surface area contributed by atoms with Crippen LogP contribution in [0, 0.1) is 13.8 Å². The summed E-state index contributed by atoms with van der Waals surface area (Å²) in [5, 5.41) is 0. The number of hydrogen-bond acceptors (Lipinski definition) is 2. The van der Waals surface area contributed by atoms with Gasteiger partial charge in [0, 0.05) is 26.8 Å². The molecule has 0 N–H and O–H groups in total. The van der Waals surface area contributed by atoms with Crippen LogP contribution in [0.4, 0.5) is 0 Å². The summed E-state index contributed by atoms with van der Waals surface area (Å²) in [7, 11) is 0. The van der Waals surface area contributed by atoms with Crippen LogP contribution in [0.1, 0.15) is 27.7 Å². The summed E-state index contributed by atoms with van der Waals surface area (Å²) in [6, 6.07) is 0. The van der Waals surface area contributed by atoms with Gasteiger partial charge in [0.25, 0.3) is 0 Å². The van der Waals surface area contributed by atoms with Crippen LogP contribution in [0.25, 0.3) is 0 Å². The second-order valence-electron chi connectivity index (χ2n) is 3.50. The van der Waals surface area contributed by atoms with E-state index in [1.54, 1.807) is 0 Å². The molecule has 0 bridgehead atoms. The van der Waals surface area contributed by atoms with E-state index in [0.717, 1.165) is 13.2 Å². The van der Waals surface area contributed by atoms with Crippen LogP contribution in [-0.4, -0.2) is 13.2 Å². The van der Waals surface area contributed by atoms with Crippen molar-refractivity contribution in [2.24, 2.45) is 0 Å². The van der Waals surface area contributed by atoms with E-state index < -0.39 is 0 Å². The minimum absolute atomic E-state index is 0.624. The molecular weight excluding hydrogens is 248 g/mol. The van der Waals surface area contributed by atoms with Crippen LogP contribution >= 0.6 is 27.3 Å². The maximum atomic E-state index is 5.41. The average Bonchev–Trinajstić information content (AvgIpc) is 2.63. The van der Waals surface area contributed by atoms with Gasteiger partial charge in [-0.2, -0.15) is 0 Å². The van der Waals surface area contributed by atoms with E-state index in [1.807, 2.05) is 11.3 Å². The minimum Gasteiger partial charge on any atom is -0.381 e. The van der Waals surface area contributed by atoms with Crippen molar-refractivity contribution in [3.05, 3.63) is 19.8 Å². The van der Waals surface area contributed by atoms with Gasteiger partial charge >= 0.3 is 0 Å². The molecular formula is C10H13BrOS. The van der Waals surface area contributed by atoms with Crippen molar-refractivity contribution in [2.75, 3.05) is 13.2 Å². The van der Waals surface area contributed by atoms with E-state index in [0.29, 0.717) is 5.92 Å². The molecule has 2 heterocycles. The summed E-state index contributed by atoms with van der Waals surface area (Å²) < 4.78 is 6.73. The molecule has 1 atom stereocenters. The lowest BCUT2D eigenvalue weighted by Crippen LogP contribution is -1.98. The van der Waals surface area contributed by atoms with Gasteiger partial charge in [-0.3, -0.25) is 0 Å². The molecule has 0 amide bonds. The summed E-state index contributed by atoms with van der Waals surface area (Å²) in [6.07, 6.45) is 1.18. The second-order valence-corrected chi connectivity index (χ2v) is 5.72. The number of ether oxygens (including phenoxy) is 1. The molecule has 1 fully saturated rings. The highest BCUT2D eigenvalue weighted by molar-refractivity contribution is 9.10. The highest BCUT2D eigenvalue weighted by Crippen LogP contribution is 2.39. The minimum atomic E-state index is 0.624. The summed E-state index contributed by atoms with van der Waals surface area (Å²) in [5.41, 5.74) is 1.49. The summed E-state index contributed by atoms with van der Waals surface area (Å²) in [5.74, 6) is 0.624. The van der Waals surface area contributed by atoms with E-state index in [9.17, 15) is 0 Å². The summed E-state index contributed by atoms with van der Waals surface area (Å²) >= 11 is 5.55. The molecule has 0 radical (unpaired) electrons. The van der Waals surface area contributed by atoms with Crippen molar-refractivity contribution in [3.8, 4) is 0 Å². The van der Waals surface area contributed by atoms with E-state index in [1.165, 1.54) is 26.2 Å². The zero-order valence-corrected chi connectivity index (χ0v) is 10.3. The molecule has 1 saturated heterocycles. The zero-order chi connectivity index (χ0) is 9.42. The lowest BCUT2D eigenvalue weighted by atomic mass is 9.99. The Morgan fingerprint density at radius 1 is 1.38 bits per heavy atom. The molecule has 1 aliphatic rings. The molecule has 1 aromatic rings. The molecule has 0 saturated carbocycles. The summed E-state index contributed by atoms with van der Waals surface area (Å²) in [6.45, 7) is 6.19. The fourth-order valence-electron chi connectivity index (χ4n) is 1.90. The Morgan fingerprint density at radius 3 is 2.62 bits per heavy atom. The first kappa shape index (κ1) is 9.69. The van der Waals surface area contributed by atoms with Gasteiger partial charge in [-0.25, -0.2) is 0 Å². The number of aryl methyl sites for hydroxylation is 2. The Labute approximate surface area is 91.2 Å². The molecule has 1 aliphatic heterocycles. The first-order chi connectivity index (χ1) is 6.20. The average molecular weight is 261 g/mol. The van der Waals surface area contributed by atoms with Gasteiger partial charge in [0.2, 0.25) is 0 Å². The first-order valence-electron chi connectivity index (χ1n) is 4.53. The Morgan fingerprint density at radius 2 is 2.15 bits per heavy atom. The number of hydrogen-bond donors (Lipinski definition) is 0. The number of halogens is 1. The molecule has 72 valence electrons. The van der Waals surface area contributed by atoms with Crippen molar-refractivity contribution < 1.29 is 4.74 Å². The highest BCUT2D eigenvalue weighted by Gasteiger charge is 2.24. The Hall–Kier alpha value is 0.140. The Bertz CT molecular complexity index is 313. The number of thiophene rings is 1. The quantitative estimate of drug-likeness (QED) is 0.750. The summed E-state index contributed by atoms with van der Waals surface area (Å²) in [4.78, 5) is 2.83. The Kier molecular flexibility index (Phi) is 2.77. The van der Waals surface area contributed by atoms with Crippen molar-refractivity contribution >= 4 is 27.3 Å². The van der Waals surface area contributed by atoms with Crippen LogP contribution in [-0.2, 0) is 4.74 Å². The molecule has 1 aromatic heterocycles. The molecule has 0 unspecified atom stereocenters. The third-order valence-corrected chi connectivity index (χ3v) is 4.89. The zero-order valence-electron chi connectivity index (χ0n) is 7.89. The third-order valence-electron chi connectivity index (χ3n) is 2.57. The molecule has 0 aliphatic carbocycles.